The van der Waals surface area contributed by atoms with Crippen molar-refractivity contribution in [1.82, 2.24) is 0 Å². The number of halogens is 1. The average molecular weight is 260 g/mol. The smallest absolute Gasteiger partial charge is 0.00195 e. The molecule has 0 amide bonds. The van der Waals surface area contributed by atoms with Crippen LogP contribution in [0.5, 0.6) is 0 Å². The maximum absolute atomic E-state index is 3.96. The molecule has 1 heteroatoms. The van der Waals surface area contributed by atoms with Gasteiger partial charge in [-0.1, -0.05) is 24.3 Å². The zero-order valence-corrected chi connectivity index (χ0v) is 9.18. The first-order valence-electron chi connectivity index (χ1n) is 3.80. The van der Waals surface area contributed by atoms with Crippen LogP contribution in [0.3, 0.4) is 0 Å². The van der Waals surface area contributed by atoms with Crippen LogP contribution in [0.15, 0.2) is 33.5 Å². The van der Waals surface area contributed by atoms with E-state index in [0.717, 1.165) is 6.42 Å². The third-order valence-electron chi connectivity index (χ3n) is 2.04. The summed E-state index contributed by atoms with van der Waals surface area (Å²) in [4.78, 5) is 0. The third-order valence-corrected chi connectivity index (χ3v) is 3.33. The molecular formula is C10H13I. The Hall–Kier alpha value is -0.0500. The van der Waals surface area contributed by atoms with Crippen molar-refractivity contribution in [2.45, 2.75) is 20.3 Å². The number of rotatable bonds is 1. The fraction of sp³-hybridized carbons (Fsp3) is 0.400. The predicted octanol–water partition coefficient (Wildman–Crippen LogP) is 3.85. The highest BCUT2D eigenvalue weighted by atomic mass is 127. The summed E-state index contributed by atoms with van der Waals surface area (Å²) in [6.45, 7) is 8.22. The van der Waals surface area contributed by atoms with E-state index in [2.05, 4.69) is 55.2 Å². The average Bonchev–Trinajstić information content (AvgIpc) is 1.94. The van der Waals surface area contributed by atoms with E-state index in [0.29, 0.717) is 5.92 Å². The van der Waals surface area contributed by atoms with Crippen LogP contribution in [0.1, 0.15) is 20.3 Å². The molecule has 1 aliphatic carbocycles. The first-order chi connectivity index (χ1) is 5.11. The zero-order valence-electron chi connectivity index (χ0n) is 7.02. The van der Waals surface area contributed by atoms with Crippen molar-refractivity contribution in [2.24, 2.45) is 5.92 Å². The molecule has 1 rings (SSSR count). The lowest BCUT2D eigenvalue weighted by Crippen LogP contribution is -2.01. The molecule has 0 radical (unpaired) electrons. The number of hydrogen-bond acceptors (Lipinski definition) is 0. The van der Waals surface area contributed by atoms with Crippen LogP contribution in [-0.2, 0) is 0 Å². The molecule has 0 saturated carbocycles. The first-order valence-corrected chi connectivity index (χ1v) is 4.88. The Kier molecular flexibility index (Phi) is 2.93. The van der Waals surface area contributed by atoms with E-state index >= 15 is 0 Å². The predicted molar refractivity (Wildman–Crippen MR) is 58.8 cm³/mol. The molecule has 11 heavy (non-hydrogen) atoms. The van der Waals surface area contributed by atoms with Crippen molar-refractivity contribution < 1.29 is 0 Å². The van der Waals surface area contributed by atoms with Crippen molar-refractivity contribution in [2.75, 3.05) is 0 Å². The second kappa shape index (κ2) is 3.57. The molecule has 0 N–H and O–H groups in total. The van der Waals surface area contributed by atoms with Gasteiger partial charge in [0.1, 0.15) is 0 Å². The van der Waals surface area contributed by atoms with Crippen molar-refractivity contribution >= 4 is 22.6 Å². The lowest BCUT2D eigenvalue weighted by Gasteiger charge is -2.17. The maximum atomic E-state index is 3.96. The molecule has 1 atom stereocenters. The summed E-state index contributed by atoms with van der Waals surface area (Å²) in [7, 11) is 0. The monoisotopic (exact) mass is 260 g/mol. The van der Waals surface area contributed by atoms with E-state index in [4.69, 9.17) is 0 Å². The van der Waals surface area contributed by atoms with E-state index < -0.39 is 0 Å². The molecular weight excluding hydrogens is 247 g/mol. The molecule has 0 aromatic rings. The van der Waals surface area contributed by atoms with Crippen LogP contribution in [0.25, 0.3) is 0 Å². The Morgan fingerprint density at radius 3 is 2.82 bits per heavy atom. The van der Waals surface area contributed by atoms with Crippen LogP contribution in [0.4, 0.5) is 0 Å². The maximum Gasteiger partial charge on any atom is 0.00195 e. The highest BCUT2D eigenvalue weighted by Gasteiger charge is 2.12. The molecule has 60 valence electrons. The van der Waals surface area contributed by atoms with Gasteiger partial charge in [0.25, 0.3) is 0 Å². The van der Waals surface area contributed by atoms with Crippen LogP contribution in [0, 0.1) is 5.92 Å². The second-order valence-electron chi connectivity index (χ2n) is 3.10. The second-order valence-corrected chi connectivity index (χ2v) is 4.41. The topological polar surface area (TPSA) is 0 Å². The lowest BCUT2D eigenvalue weighted by molar-refractivity contribution is 0.760. The van der Waals surface area contributed by atoms with Gasteiger partial charge in [-0.2, -0.15) is 0 Å². The quantitative estimate of drug-likeness (QED) is 0.496. The van der Waals surface area contributed by atoms with Gasteiger partial charge in [0.05, 0.1) is 0 Å². The normalized spacial score (nSPS) is 24.1. The van der Waals surface area contributed by atoms with Crippen molar-refractivity contribution in [1.29, 1.82) is 0 Å². The number of allylic oxidation sites excluding steroid dienone is 5. The van der Waals surface area contributed by atoms with Crippen molar-refractivity contribution in [3.8, 4) is 0 Å². The Morgan fingerprint density at radius 2 is 2.36 bits per heavy atom. The first kappa shape index (κ1) is 9.04. The molecule has 0 spiro atoms. The van der Waals surface area contributed by atoms with Gasteiger partial charge in [-0.25, -0.2) is 0 Å². The molecule has 0 aromatic carbocycles. The molecule has 0 aliphatic heterocycles. The minimum Gasteiger partial charge on any atom is -0.0995 e. The van der Waals surface area contributed by atoms with E-state index in [9.17, 15) is 0 Å². The summed E-state index contributed by atoms with van der Waals surface area (Å²) in [5.74, 6) is 0.575. The third kappa shape index (κ3) is 2.19. The molecule has 0 aromatic heterocycles. The van der Waals surface area contributed by atoms with Crippen LogP contribution >= 0.6 is 22.6 Å². The summed E-state index contributed by atoms with van der Waals surface area (Å²) >= 11 is 2.42. The molecule has 0 nitrogen and oxygen atoms in total. The molecule has 0 heterocycles. The Morgan fingerprint density at radius 1 is 1.73 bits per heavy atom. The molecule has 0 fully saturated rings. The van der Waals surface area contributed by atoms with E-state index in [1.807, 2.05) is 0 Å². The largest absolute Gasteiger partial charge is 0.0995 e. The van der Waals surface area contributed by atoms with Gasteiger partial charge in [-0.05, 0) is 52.0 Å². The van der Waals surface area contributed by atoms with E-state index in [1.54, 1.807) is 0 Å². The Bertz CT molecular complexity index is 233. The molecule has 0 saturated heterocycles. The summed E-state index contributed by atoms with van der Waals surface area (Å²) in [5.41, 5.74) is 2.67. The minimum atomic E-state index is 0.575. The van der Waals surface area contributed by atoms with Crippen LogP contribution in [0.2, 0.25) is 0 Å². The Labute approximate surface area is 82.2 Å². The molecule has 0 bridgehead atoms. The minimum absolute atomic E-state index is 0.575. The lowest BCUT2D eigenvalue weighted by atomic mass is 9.92. The van der Waals surface area contributed by atoms with Gasteiger partial charge in [-0.3, -0.25) is 0 Å². The van der Waals surface area contributed by atoms with Crippen LogP contribution in [-0.4, -0.2) is 0 Å². The highest BCUT2D eigenvalue weighted by Crippen LogP contribution is 2.31. The van der Waals surface area contributed by atoms with E-state index in [-0.39, 0.29) is 0 Å². The summed E-state index contributed by atoms with van der Waals surface area (Å²) in [5, 5.41) is 0. The van der Waals surface area contributed by atoms with Crippen LogP contribution < -0.4 is 0 Å². The SMILES string of the molecule is C=C(C)C1C=CC(C)=C(I)C1. The Balaban J connectivity index is 2.74. The summed E-state index contributed by atoms with van der Waals surface area (Å²) < 4.78 is 1.47. The number of hydrogen-bond donors (Lipinski definition) is 0. The fourth-order valence-electron chi connectivity index (χ4n) is 1.11. The van der Waals surface area contributed by atoms with E-state index in [1.165, 1.54) is 14.7 Å². The van der Waals surface area contributed by atoms with Gasteiger partial charge < -0.3 is 0 Å². The van der Waals surface area contributed by atoms with Gasteiger partial charge in [0, 0.05) is 5.92 Å². The van der Waals surface area contributed by atoms with Gasteiger partial charge in [0.15, 0.2) is 0 Å². The molecule has 1 unspecified atom stereocenters. The van der Waals surface area contributed by atoms with Gasteiger partial charge in [0.2, 0.25) is 0 Å². The summed E-state index contributed by atoms with van der Waals surface area (Å²) in [6.07, 6.45) is 5.60. The molecule has 1 aliphatic rings. The van der Waals surface area contributed by atoms with Gasteiger partial charge in [-0.15, -0.1) is 0 Å². The summed E-state index contributed by atoms with van der Waals surface area (Å²) in [6, 6.07) is 0. The fourth-order valence-corrected chi connectivity index (χ4v) is 1.77. The van der Waals surface area contributed by atoms with Crippen molar-refractivity contribution in [3.05, 3.63) is 33.5 Å². The zero-order chi connectivity index (χ0) is 8.43. The highest BCUT2D eigenvalue weighted by molar-refractivity contribution is 14.1. The standard InChI is InChI=1S/C10H13I/c1-7(2)9-5-4-8(3)10(11)6-9/h4-5,9H,1,6H2,2-3H3. The van der Waals surface area contributed by atoms with Crippen molar-refractivity contribution in [3.63, 3.8) is 0 Å². The van der Waals surface area contributed by atoms with Gasteiger partial charge >= 0.3 is 0 Å².